The standard InChI is InChI=1S/C13H13ClFNS/c1-16-11(12-6-3-7-17-12)8-9-4-2-5-10(15)13(9)14/h2-7,11,16H,8H2,1H3. The van der Waals surface area contributed by atoms with E-state index >= 15 is 0 Å². The Labute approximate surface area is 109 Å². The number of halogens is 2. The fourth-order valence-corrected chi connectivity index (χ4v) is 2.80. The van der Waals surface area contributed by atoms with Crippen LogP contribution in [0.25, 0.3) is 0 Å². The van der Waals surface area contributed by atoms with Gasteiger partial charge in [-0.2, -0.15) is 0 Å². The van der Waals surface area contributed by atoms with Crippen LogP contribution in [0.3, 0.4) is 0 Å². The van der Waals surface area contributed by atoms with Gasteiger partial charge in [0, 0.05) is 10.9 Å². The van der Waals surface area contributed by atoms with Gasteiger partial charge in [-0.15, -0.1) is 11.3 Å². The molecule has 1 unspecified atom stereocenters. The molecule has 1 heterocycles. The molecule has 2 rings (SSSR count). The Morgan fingerprint density at radius 3 is 2.82 bits per heavy atom. The minimum atomic E-state index is -0.356. The van der Waals surface area contributed by atoms with Crippen molar-refractivity contribution in [1.29, 1.82) is 0 Å². The summed E-state index contributed by atoms with van der Waals surface area (Å²) >= 11 is 7.64. The normalized spacial score (nSPS) is 12.6. The van der Waals surface area contributed by atoms with Gasteiger partial charge in [-0.25, -0.2) is 4.39 Å². The van der Waals surface area contributed by atoms with Gasteiger partial charge in [0.2, 0.25) is 0 Å². The van der Waals surface area contributed by atoms with Crippen molar-refractivity contribution in [2.75, 3.05) is 7.05 Å². The first kappa shape index (κ1) is 12.6. The summed E-state index contributed by atoms with van der Waals surface area (Å²) in [5.41, 5.74) is 0.833. The van der Waals surface area contributed by atoms with E-state index in [0.717, 1.165) is 5.56 Å². The molecule has 0 saturated heterocycles. The highest BCUT2D eigenvalue weighted by atomic mass is 35.5. The van der Waals surface area contributed by atoms with Crippen molar-refractivity contribution in [2.24, 2.45) is 0 Å². The maximum absolute atomic E-state index is 13.3. The second kappa shape index (κ2) is 5.63. The Morgan fingerprint density at radius 2 is 2.18 bits per heavy atom. The SMILES string of the molecule is CNC(Cc1cccc(F)c1Cl)c1cccs1. The molecular weight excluding hydrogens is 257 g/mol. The maximum atomic E-state index is 13.3. The van der Waals surface area contributed by atoms with Crippen molar-refractivity contribution >= 4 is 22.9 Å². The molecule has 0 spiro atoms. The van der Waals surface area contributed by atoms with Crippen LogP contribution in [0.5, 0.6) is 0 Å². The zero-order chi connectivity index (χ0) is 12.3. The van der Waals surface area contributed by atoms with Crippen LogP contribution in [-0.4, -0.2) is 7.05 Å². The van der Waals surface area contributed by atoms with Crippen molar-refractivity contribution < 1.29 is 4.39 Å². The molecule has 1 N–H and O–H groups in total. The topological polar surface area (TPSA) is 12.0 Å². The Kier molecular flexibility index (Phi) is 4.15. The highest BCUT2D eigenvalue weighted by molar-refractivity contribution is 7.10. The number of thiophene rings is 1. The zero-order valence-electron chi connectivity index (χ0n) is 9.41. The first-order valence-corrected chi connectivity index (χ1v) is 6.61. The lowest BCUT2D eigenvalue weighted by Crippen LogP contribution is -2.17. The quantitative estimate of drug-likeness (QED) is 0.883. The molecule has 0 radical (unpaired) electrons. The molecule has 2 aromatic rings. The minimum absolute atomic E-state index is 0.175. The molecule has 0 saturated carbocycles. The van der Waals surface area contributed by atoms with Gasteiger partial charge in [0.15, 0.2) is 0 Å². The molecule has 0 aliphatic rings. The third-order valence-corrected chi connectivity index (χ3v) is 4.10. The summed E-state index contributed by atoms with van der Waals surface area (Å²) in [4.78, 5) is 1.23. The molecule has 0 aliphatic carbocycles. The zero-order valence-corrected chi connectivity index (χ0v) is 11.0. The highest BCUT2D eigenvalue weighted by Crippen LogP contribution is 2.27. The Hall–Kier alpha value is -0.900. The van der Waals surface area contributed by atoms with Gasteiger partial charge in [-0.05, 0) is 36.5 Å². The second-order valence-electron chi connectivity index (χ2n) is 3.77. The predicted octanol–water partition coefficient (Wildman–Crippen LogP) is 4.04. The van der Waals surface area contributed by atoms with Crippen molar-refractivity contribution in [2.45, 2.75) is 12.5 Å². The van der Waals surface area contributed by atoms with Crippen molar-refractivity contribution in [3.63, 3.8) is 0 Å². The van der Waals surface area contributed by atoms with E-state index in [-0.39, 0.29) is 16.9 Å². The first-order chi connectivity index (χ1) is 8.22. The second-order valence-corrected chi connectivity index (χ2v) is 5.13. The van der Waals surface area contributed by atoms with Crippen molar-refractivity contribution in [3.8, 4) is 0 Å². The summed E-state index contributed by atoms with van der Waals surface area (Å²) in [7, 11) is 1.90. The smallest absolute Gasteiger partial charge is 0.142 e. The molecule has 1 atom stereocenters. The number of nitrogens with one attached hydrogen (secondary N) is 1. The Bertz CT molecular complexity index is 484. The monoisotopic (exact) mass is 269 g/mol. The van der Waals surface area contributed by atoms with E-state index in [9.17, 15) is 4.39 Å². The molecule has 1 nitrogen and oxygen atoms in total. The lowest BCUT2D eigenvalue weighted by Gasteiger charge is -2.15. The van der Waals surface area contributed by atoms with Crippen LogP contribution in [0, 0.1) is 5.82 Å². The average Bonchev–Trinajstić information content (AvgIpc) is 2.85. The van der Waals surface area contributed by atoms with Gasteiger partial charge >= 0.3 is 0 Å². The number of rotatable bonds is 4. The third-order valence-electron chi connectivity index (χ3n) is 2.69. The third kappa shape index (κ3) is 2.86. The number of hydrogen-bond donors (Lipinski definition) is 1. The first-order valence-electron chi connectivity index (χ1n) is 5.36. The van der Waals surface area contributed by atoms with Crippen molar-refractivity contribution in [3.05, 3.63) is 57.0 Å². The number of hydrogen-bond acceptors (Lipinski definition) is 2. The molecule has 17 heavy (non-hydrogen) atoms. The van der Waals surface area contributed by atoms with E-state index < -0.39 is 0 Å². The van der Waals surface area contributed by atoms with E-state index in [0.29, 0.717) is 6.42 Å². The van der Waals surface area contributed by atoms with Gasteiger partial charge in [0.1, 0.15) is 5.82 Å². The van der Waals surface area contributed by atoms with Gasteiger partial charge in [0.25, 0.3) is 0 Å². The van der Waals surface area contributed by atoms with Crippen LogP contribution in [0.2, 0.25) is 5.02 Å². The van der Waals surface area contributed by atoms with Crippen LogP contribution in [0.15, 0.2) is 35.7 Å². The summed E-state index contributed by atoms with van der Waals surface area (Å²) in [6.07, 6.45) is 0.688. The lowest BCUT2D eigenvalue weighted by atomic mass is 10.0. The van der Waals surface area contributed by atoms with Crippen molar-refractivity contribution in [1.82, 2.24) is 5.32 Å². The molecule has 90 valence electrons. The van der Waals surface area contributed by atoms with Gasteiger partial charge in [0.05, 0.1) is 5.02 Å². The molecular formula is C13H13ClFNS. The molecule has 0 fully saturated rings. The summed E-state index contributed by atoms with van der Waals surface area (Å²) in [6, 6.07) is 9.19. The van der Waals surface area contributed by atoms with Crippen LogP contribution >= 0.6 is 22.9 Å². The van der Waals surface area contributed by atoms with E-state index in [4.69, 9.17) is 11.6 Å². The molecule has 1 aromatic heterocycles. The largest absolute Gasteiger partial charge is 0.312 e. The highest BCUT2D eigenvalue weighted by Gasteiger charge is 2.14. The molecule has 4 heteroatoms. The predicted molar refractivity (Wildman–Crippen MR) is 71.2 cm³/mol. The summed E-state index contributed by atoms with van der Waals surface area (Å²) in [5.74, 6) is -0.356. The van der Waals surface area contributed by atoms with Crippen LogP contribution in [0.1, 0.15) is 16.5 Å². The molecule has 0 aliphatic heterocycles. The van der Waals surface area contributed by atoms with Gasteiger partial charge in [-0.3, -0.25) is 0 Å². The maximum Gasteiger partial charge on any atom is 0.142 e. The van der Waals surface area contributed by atoms with E-state index in [2.05, 4.69) is 11.4 Å². The van der Waals surface area contributed by atoms with Crippen LogP contribution in [0.4, 0.5) is 4.39 Å². The average molecular weight is 270 g/mol. The summed E-state index contributed by atoms with van der Waals surface area (Å²) in [6.45, 7) is 0. The fourth-order valence-electron chi connectivity index (χ4n) is 1.76. The summed E-state index contributed by atoms with van der Waals surface area (Å²) in [5, 5.41) is 5.49. The Balaban J connectivity index is 2.22. The van der Waals surface area contributed by atoms with Crippen LogP contribution in [-0.2, 0) is 6.42 Å². The number of benzene rings is 1. The minimum Gasteiger partial charge on any atom is -0.312 e. The van der Waals surface area contributed by atoms with Crippen LogP contribution < -0.4 is 5.32 Å². The molecule has 0 bridgehead atoms. The van der Waals surface area contributed by atoms with Gasteiger partial charge in [-0.1, -0.05) is 29.8 Å². The lowest BCUT2D eigenvalue weighted by molar-refractivity contribution is 0.592. The molecule has 1 aromatic carbocycles. The summed E-state index contributed by atoms with van der Waals surface area (Å²) < 4.78 is 13.3. The molecule has 0 amide bonds. The van der Waals surface area contributed by atoms with Gasteiger partial charge < -0.3 is 5.32 Å². The van der Waals surface area contributed by atoms with E-state index in [1.807, 2.05) is 24.6 Å². The number of likely N-dealkylation sites (N-methyl/N-ethyl adjacent to an activating group) is 1. The van der Waals surface area contributed by atoms with E-state index in [1.54, 1.807) is 17.4 Å². The Morgan fingerprint density at radius 1 is 1.35 bits per heavy atom. The fraction of sp³-hybridized carbons (Fsp3) is 0.231. The van der Waals surface area contributed by atoms with E-state index in [1.165, 1.54) is 10.9 Å².